The second-order valence-corrected chi connectivity index (χ2v) is 27.4. The number of rotatable bonds is 0. The fourth-order valence-corrected chi connectivity index (χ4v) is 11.4. The Hall–Kier alpha value is -3.53. The van der Waals surface area contributed by atoms with Crippen molar-refractivity contribution in [1.82, 2.24) is 0 Å². The highest BCUT2D eigenvalue weighted by molar-refractivity contribution is 7.25. The summed E-state index contributed by atoms with van der Waals surface area (Å²) in [5, 5.41) is 1.60. The summed E-state index contributed by atoms with van der Waals surface area (Å²) in [4.78, 5) is 0. The van der Waals surface area contributed by atoms with Gasteiger partial charge in [0.25, 0.3) is 0 Å². The van der Waals surface area contributed by atoms with Crippen LogP contribution in [0.5, 0.6) is 0 Å². The van der Waals surface area contributed by atoms with E-state index in [2.05, 4.69) is 113 Å². The van der Waals surface area contributed by atoms with Gasteiger partial charge in [0, 0.05) is 22.6 Å². The first-order valence-corrected chi connectivity index (χ1v) is 32.8. The summed E-state index contributed by atoms with van der Waals surface area (Å²) in [6, 6.07) is 20.9. The monoisotopic (exact) mass is 1190 g/mol. The molecule has 4 nitrogen and oxygen atoms in total. The van der Waals surface area contributed by atoms with Crippen LogP contribution in [0.3, 0.4) is 0 Å². The summed E-state index contributed by atoms with van der Waals surface area (Å²) in [6.45, 7) is 41.5. The van der Waals surface area contributed by atoms with Crippen LogP contribution in [0, 0.1) is 112 Å². The van der Waals surface area contributed by atoms with E-state index in [1.165, 1.54) is 125 Å². The van der Waals surface area contributed by atoms with Crippen LogP contribution in [0.2, 0.25) is 0 Å². The van der Waals surface area contributed by atoms with Crippen LogP contribution >= 0.6 is 11.3 Å². The molecule has 6 aliphatic rings. The van der Waals surface area contributed by atoms with E-state index in [0.717, 1.165) is 84.2 Å². The number of aryl methyl sites for hydroxylation is 6. The van der Waals surface area contributed by atoms with E-state index in [4.69, 9.17) is 18.9 Å². The topological polar surface area (TPSA) is 36.9 Å². The van der Waals surface area contributed by atoms with Gasteiger partial charge in [-0.2, -0.15) is 0 Å². The average Bonchev–Trinajstić information content (AvgIpc) is 3.29. The van der Waals surface area contributed by atoms with Crippen LogP contribution in [-0.2, 0) is 18.9 Å². The van der Waals surface area contributed by atoms with Crippen molar-refractivity contribution < 1.29 is 32.1 Å². The fourth-order valence-electron chi connectivity index (χ4n) is 10.1. The van der Waals surface area contributed by atoms with E-state index >= 15 is 0 Å². The highest BCUT2D eigenvalue weighted by Crippen LogP contribution is 2.38. The molecule has 0 amide bonds. The largest absolute Gasteiger partial charge is 0.353 e. The van der Waals surface area contributed by atoms with E-state index < -0.39 is 0 Å². The maximum atomic E-state index is 14.0. The molecule has 0 spiro atoms. The SMILES string of the molecule is C.C.CC1=CCC(C)CC1.CC1CCC(C)CC1.CC1CCC(C)CC1.CC1CCC(C)CC1.CC1COC(C)OC1.CC1COC(C)OC1.Cc1ccc(C)c(F)c1.Cc1ccc(C)cc1.Cc1ccc2c(sc3c(F)c(C)ccc32)c1F. The fraction of sp³-hybridized carbons (Fsp3) is 0.658. The molecule has 5 aromatic rings. The zero-order valence-electron chi connectivity index (χ0n) is 54.9. The van der Waals surface area contributed by atoms with Gasteiger partial charge in [0.2, 0.25) is 0 Å². The van der Waals surface area contributed by atoms with Crippen LogP contribution in [0.15, 0.2) is 78.4 Å². The molecular formula is C76H123F3O4S. The third kappa shape index (κ3) is 31.9. The van der Waals surface area contributed by atoms with Crippen molar-refractivity contribution in [3.8, 4) is 0 Å². The van der Waals surface area contributed by atoms with Crippen LogP contribution in [0.25, 0.3) is 20.2 Å². The van der Waals surface area contributed by atoms with Gasteiger partial charge in [-0.15, -0.1) is 11.3 Å². The predicted molar refractivity (Wildman–Crippen MR) is 362 cm³/mol. The summed E-state index contributed by atoms with van der Waals surface area (Å²) in [5.41, 5.74) is 7.12. The number of hydrogen-bond acceptors (Lipinski definition) is 5. The zero-order chi connectivity index (χ0) is 60.9. The smallest absolute Gasteiger partial charge is 0.154 e. The third-order valence-corrected chi connectivity index (χ3v) is 18.1. The Labute approximate surface area is 518 Å². The summed E-state index contributed by atoms with van der Waals surface area (Å²) in [6.07, 6.45) is 24.1. The minimum Gasteiger partial charge on any atom is -0.353 e. The second-order valence-electron chi connectivity index (χ2n) is 26.4. The second kappa shape index (κ2) is 42.4. The number of benzene rings is 4. The first kappa shape index (κ1) is 78.5. The standard InChI is InChI=1S/C14H10F2S.C8H9F.3C8H16.C8H14.C8H10.2C6H12O2.2CH4/c1-7-3-5-9-10-6-4-8(2)12(16)14(10)17-13(9)11(7)15;1-6-3-4-7(2)8(9)5-6;5*1-7-3-5-8(2)6-4-7;2*1-5-3-7-6(2)8-4-5;;/h3-6H,1-2H3;3-5H,1-2H3;3*7-8H,3-6H2,1-2H3;3,8H,4-6H2,1-2H3;3-6H,1-2H3;2*5-6H,3-4H2,1-2H3;2*1H4. The van der Waals surface area contributed by atoms with Gasteiger partial charge in [-0.05, 0) is 151 Å². The third-order valence-electron chi connectivity index (χ3n) is 16.9. The molecule has 1 aromatic heterocycles. The van der Waals surface area contributed by atoms with Crippen molar-refractivity contribution in [2.45, 2.75) is 248 Å². The Balaban J connectivity index is 0.000000479. The molecule has 0 N–H and O–H groups in total. The average molecular weight is 1190 g/mol. The maximum Gasteiger partial charge on any atom is 0.154 e. The summed E-state index contributed by atoms with van der Waals surface area (Å²) < 4.78 is 62.3. The lowest BCUT2D eigenvalue weighted by Crippen LogP contribution is -2.27. The molecule has 2 saturated heterocycles. The summed E-state index contributed by atoms with van der Waals surface area (Å²) >= 11 is 1.19. The summed E-state index contributed by atoms with van der Waals surface area (Å²) in [5.74, 6) is 7.62. The van der Waals surface area contributed by atoms with Gasteiger partial charge in [0.1, 0.15) is 17.5 Å². The van der Waals surface area contributed by atoms with E-state index in [1.54, 1.807) is 44.5 Å². The van der Waals surface area contributed by atoms with Gasteiger partial charge in [-0.25, -0.2) is 13.2 Å². The van der Waals surface area contributed by atoms with Crippen LogP contribution in [0.1, 0.15) is 228 Å². The Kier molecular flexibility index (Phi) is 39.6. The highest BCUT2D eigenvalue weighted by Gasteiger charge is 2.18. The van der Waals surface area contributed by atoms with Gasteiger partial charge in [-0.3, -0.25) is 0 Å². The molecule has 0 radical (unpaired) electrons. The van der Waals surface area contributed by atoms with Crippen molar-refractivity contribution in [2.75, 3.05) is 26.4 Å². The number of fused-ring (bicyclic) bond motifs is 3. The van der Waals surface area contributed by atoms with Gasteiger partial charge in [0.15, 0.2) is 12.6 Å². The lowest BCUT2D eigenvalue weighted by molar-refractivity contribution is -0.187. The Bertz CT molecular complexity index is 2260. The molecule has 478 valence electrons. The molecule has 3 heterocycles. The van der Waals surface area contributed by atoms with Crippen molar-refractivity contribution in [3.63, 3.8) is 0 Å². The Morgan fingerprint density at radius 2 is 0.655 bits per heavy atom. The van der Waals surface area contributed by atoms with Crippen molar-refractivity contribution in [3.05, 3.63) is 129 Å². The molecule has 5 fully saturated rings. The quantitative estimate of drug-likeness (QED) is 0.145. The van der Waals surface area contributed by atoms with Crippen molar-refractivity contribution in [1.29, 1.82) is 0 Å². The lowest BCUT2D eigenvalue weighted by Gasteiger charge is -2.24. The van der Waals surface area contributed by atoms with E-state index in [1.807, 2.05) is 39.0 Å². The molecule has 11 rings (SSSR count). The van der Waals surface area contributed by atoms with E-state index in [0.29, 0.717) is 37.9 Å². The molecule has 0 bridgehead atoms. The van der Waals surface area contributed by atoms with E-state index in [-0.39, 0.29) is 44.9 Å². The van der Waals surface area contributed by atoms with Gasteiger partial charge in [-0.1, -0.05) is 238 Å². The molecule has 1 atom stereocenters. The minimum absolute atomic E-state index is 0. The highest BCUT2D eigenvalue weighted by atomic mass is 32.1. The van der Waals surface area contributed by atoms with Gasteiger partial charge < -0.3 is 18.9 Å². The van der Waals surface area contributed by atoms with Crippen molar-refractivity contribution >= 4 is 31.5 Å². The number of allylic oxidation sites excluding steroid dienone is 2. The maximum absolute atomic E-state index is 14.0. The van der Waals surface area contributed by atoms with Gasteiger partial charge in [0.05, 0.1) is 35.8 Å². The first-order valence-electron chi connectivity index (χ1n) is 32.0. The number of hydrogen-bond donors (Lipinski definition) is 0. The van der Waals surface area contributed by atoms with Gasteiger partial charge >= 0.3 is 0 Å². The molecule has 1 unspecified atom stereocenters. The zero-order valence-corrected chi connectivity index (χ0v) is 55.7. The number of ether oxygens (including phenoxy) is 4. The predicted octanol–water partition coefficient (Wildman–Crippen LogP) is 24.2. The molecular weight excluding hydrogens is 1070 g/mol. The number of halogens is 3. The Morgan fingerprint density at radius 3 is 0.905 bits per heavy atom. The molecule has 3 saturated carbocycles. The molecule has 2 aliphatic heterocycles. The normalized spacial score (nSPS) is 26.0. The number of thiophene rings is 1. The van der Waals surface area contributed by atoms with Crippen LogP contribution in [0.4, 0.5) is 13.2 Å². The molecule has 4 aliphatic carbocycles. The van der Waals surface area contributed by atoms with Crippen LogP contribution in [-0.4, -0.2) is 39.0 Å². The minimum atomic E-state index is -0.235. The molecule has 4 aromatic carbocycles. The molecule has 84 heavy (non-hydrogen) atoms. The Morgan fingerprint density at radius 1 is 0.357 bits per heavy atom. The molecule has 8 heteroatoms. The lowest BCUT2D eigenvalue weighted by atomic mass is 9.84. The summed E-state index contributed by atoms with van der Waals surface area (Å²) in [7, 11) is 0. The van der Waals surface area contributed by atoms with Crippen molar-refractivity contribution in [2.24, 2.45) is 53.3 Å². The van der Waals surface area contributed by atoms with E-state index in [9.17, 15) is 13.2 Å². The first-order chi connectivity index (χ1) is 38.8. The van der Waals surface area contributed by atoms with Crippen LogP contribution < -0.4 is 0 Å².